The molecular weight excluding hydrogens is 301 g/mol. The average Bonchev–Trinajstić information content (AvgIpc) is 2.36. The van der Waals surface area contributed by atoms with Gasteiger partial charge in [-0.2, -0.15) is 0 Å². The third-order valence-corrected chi connectivity index (χ3v) is 2.94. The zero-order chi connectivity index (χ0) is 15.0. The number of aliphatic hydroxyl groups excluding tert-OH is 1. The first-order chi connectivity index (χ1) is 9.55. The molecule has 0 fully saturated rings. The van der Waals surface area contributed by atoms with Crippen LogP contribution in [0.25, 0.3) is 6.08 Å². The number of aliphatic hydroxyl groups is 1. The molecule has 0 heterocycles. The fourth-order valence-electron chi connectivity index (χ4n) is 1.65. The van der Waals surface area contributed by atoms with E-state index in [0.717, 1.165) is 5.56 Å². The second kappa shape index (κ2) is 8.97. The van der Waals surface area contributed by atoms with E-state index >= 15 is 0 Å². The third kappa shape index (κ3) is 6.39. The molecule has 110 valence electrons. The normalized spacial score (nSPS) is 12.6. The van der Waals surface area contributed by atoms with Gasteiger partial charge in [0.05, 0.1) is 12.6 Å². The molecule has 1 unspecified atom stereocenters. The maximum atomic E-state index is 11.7. The second-order valence-corrected chi connectivity index (χ2v) is 5.08. The zero-order valence-electron chi connectivity index (χ0n) is 11.1. The van der Waals surface area contributed by atoms with Crippen molar-refractivity contribution in [2.75, 3.05) is 20.3 Å². The lowest BCUT2D eigenvalue weighted by atomic mass is 10.2. The van der Waals surface area contributed by atoms with Gasteiger partial charge in [-0.3, -0.25) is 4.79 Å². The molecule has 1 aromatic carbocycles. The van der Waals surface area contributed by atoms with Crippen LogP contribution in [0.15, 0.2) is 24.3 Å². The molecule has 1 rings (SSSR count). The van der Waals surface area contributed by atoms with Crippen molar-refractivity contribution in [1.82, 2.24) is 5.32 Å². The van der Waals surface area contributed by atoms with Crippen molar-refractivity contribution in [1.29, 1.82) is 0 Å². The Kier molecular flexibility index (Phi) is 7.62. The molecule has 4 nitrogen and oxygen atoms in total. The number of nitrogens with one attached hydrogen (secondary N) is 1. The van der Waals surface area contributed by atoms with Crippen LogP contribution in [-0.4, -0.2) is 37.4 Å². The molecule has 1 aromatic rings. The number of carbonyl (C=O) groups excluding carboxylic acids is 1. The fourth-order valence-corrected chi connectivity index (χ4v) is 2.19. The largest absolute Gasteiger partial charge is 0.396 e. The summed E-state index contributed by atoms with van der Waals surface area (Å²) in [5.41, 5.74) is 0.739. The Morgan fingerprint density at radius 1 is 1.40 bits per heavy atom. The first-order valence-electron chi connectivity index (χ1n) is 6.09. The SMILES string of the molecule is COCC(CCO)NC(=O)/C=C/c1cc(Cl)cc(Cl)c1. The molecule has 0 aliphatic carbocycles. The fraction of sp³-hybridized carbons (Fsp3) is 0.357. The Bertz CT molecular complexity index is 451. The van der Waals surface area contributed by atoms with Crippen LogP contribution in [-0.2, 0) is 9.53 Å². The summed E-state index contributed by atoms with van der Waals surface area (Å²) >= 11 is 11.7. The van der Waals surface area contributed by atoms with E-state index in [2.05, 4.69) is 5.32 Å². The highest BCUT2D eigenvalue weighted by Gasteiger charge is 2.09. The van der Waals surface area contributed by atoms with E-state index < -0.39 is 0 Å². The van der Waals surface area contributed by atoms with Gasteiger partial charge in [-0.15, -0.1) is 0 Å². The Labute approximate surface area is 128 Å². The average molecular weight is 318 g/mol. The number of rotatable bonds is 7. The quantitative estimate of drug-likeness (QED) is 0.760. The molecule has 0 bridgehead atoms. The van der Waals surface area contributed by atoms with Gasteiger partial charge in [-0.05, 0) is 36.3 Å². The van der Waals surface area contributed by atoms with Crippen LogP contribution >= 0.6 is 23.2 Å². The van der Waals surface area contributed by atoms with Crippen LogP contribution in [0.5, 0.6) is 0 Å². The summed E-state index contributed by atoms with van der Waals surface area (Å²) in [6, 6.07) is 4.82. The van der Waals surface area contributed by atoms with Crippen LogP contribution in [0.4, 0.5) is 0 Å². The summed E-state index contributed by atoms with van der Waals surface area (Å²) < 4.78 is 4.97. The first kappa shape index (κ1) is 17.0. The lowest BCUT2D eigenvalue weighted by molar-refractivity contribution is -0.117. The van der Waals surface area contributed by atoms with Gasteiger partial charge in [-0.25, -0.2) is 0 Å². The molecule has 0 saturated heterocycles. The predicted octanol–water partition coefficient (Wildman–Crippen LogP) is 2.52. The molecule has 0 radical (unpaired) electrons. The Balaban J connectivity index is 2.62. The maximum absolute atomic E-state index is 11.7. The Morgan fingerprint density at radius 2 is 2.05 bits per heavy atom. The molecule has 0 aliphatic heterocycles. The maximum Gasteiger partial charge on any atom is 0.244 e. The number of methoxy groups -OCH3 is 1. The van der Waals surface area contributed by atoms with Crippen molar-refractivity contribution in [3.63, 3.8) is 0 Å². The van der Waals surface area contributed by atoms with Gasteiger partial charge < -0.3 is 15.2 Å². The van der Waals surface area contributed by atoms with Gasteiger partial charge in [0.2, 0.25) is 5.91 Å². The molecule has 0 saturated carbocycles. The van der Waals surface area contributed by atoms with Gasteiger partial charge in [-0.1, -0.05) is 23.2 Å². The summed E-state index contributed by atoms with van der Waals surface area (Å²) in [5, 5.41) is 12.7. The minimum Gasteiger partial charge on any atom is -0.396 e. The van der Waals surface area contributed by atoms with Gasteiger partial charge in [0.1, 0.15) is 0 Å². The highest BCUT2D eigenvalue weighted by Crippen LogP contribution is 2.19. The first-order valence-corrected chi connectivity index (χ1v) is 6.85. The second-order valence-electron chi connectivity index (χ2n) is 4.21. The lowest BCUT2D eigenvalue weighted by Gasteiger charge is -2.15. The van der Waals surface area contributed by atoms with E-state index in [1.807, 2.05) is 0 Å². The number of amides is 1. The third-order valence-electron chi connectivity index (χ3n) is 2.50. The smallest absolute Gasteiger partial charge is 0.244 e. The van der Waals surface area contributed by atoms with E-state index in [4.69, 9.17) is 33.0 Å². The van der Waals surface area contributed by atoms with Crippen LogP contribution in [0.3, 0.4) is 0 Å². The molecule has 0 aliphatic rings. The minimum absolute atomic E-state index is 0.0120. The summed E-state index contributed by atoms with van der Waals surface area (Å²) in [6.07, 6.45) is 3.45. The predicted molar refractivity (Wildman–Crippen MR) is 81.0 cm³/mol. The molecule has 0 spiro atoms. The van der Waals surface area contributed by atoms with Crippen molar-refractivity contribution in [2.45, 2.75) is 12.5 Å². The Morgan fingerprint density at radius 3 is 2.60 bits per heavy atom. The summed E-state index contributed by atoms with van der Waals surface area (Å²) in [5.74, 6) is -0.267. The number of hydrogen-bond acceptors (Lipinski definition) is 3. The lowest BCUT2D eigenvalue weighted by Crippen LogP contribution is -2.37. The highest BCUT2D eigenvalue weighted by atomic mass is 35.5. The van der Waals surface area contributed by atoms with Gasteiger partial charge in [0.25, 0.3) is 0 Å². The summed E-state index contributed by atoms with van der Waals surface area (Å²) in [4.78, 5) is 11.7. The topological polar surface area (TPSA) is 58.6 Å². The number of carbonyl (C=O) groups is 1. The number of ether oxygens (including phenoxy) is 1. The van der Waals surface area contributed by atoms with E-state index in [-0.39, 0.29) is 18.6 Å². The molecule has 1 atom stereocenters. The van der Waals surface area contributed by atoms with Crippen molar-refractivity contribution in [3.8, 4) is 0 Å². The van der Waals surface area contributed by atoms with E-state index in [1.165, 1.54) is 6.08 Å². The van der Waals surface area contributed by atoms with Gasteiger partial charge >= 0.3 is 0 Å². The van der Waals surface area contributed by atoms with Crippen molar-refractivity contribution >= 4 is 35.2 Å². The zero-order valence-corrected chi connectivity index (χ0v) is 12.6. The highest BCUT2D eigenvalue weighted by molar-refractivity contribution is 6.34. The van der Waals surface area contributed by atoms with E-state index in [1.54, 1.807) is 31.4 Å². The van der Waals surface area contributed by atoms with E-state index in [9.17, 15) is 4.79 Å². The minimum atomic E-state index is -0.267. The monoisotopic (exact) mass is 317 g/mol. The van der Waals surface area contributed by atoms with Crippen LogP contribution in [0.2, 0.25) is 10.0 Å². The summed E-state index contributed by atoms with van der Waals surface area (Å²) in [6.45, 7) is 0.338. The van der Waals surface area contributed by atoms with Gasteiger partial charge in [0, 0.05) is 29.8 Å². The van der Waals surface area contributed by atoms with Crippen molar-refractivity contribution < 1.29 is 14.6 Å². The summed E-state index contributed by atoms with van der Waals surface area (Å²) in [7, 11) is 1.54. The molecule has 6 heteroatoms. The van der Waals surface area contributed by atoms with Crippen molar-refractivity contribution in [3.05, 3.63) is 39.9 Å². The van der Waals surface area contributed by atoms with Crippen molar-refractivity contribution in [2.24, 2.45) is 0 Å². The van der Waals surface area contributed by atoms with Gasteiger partial charge in [0.15, 0.2) is 0 Å². The molecule has 2 N–H and O–H groups in total. The molecule has 20 heavy (non-hydrogen) atoms. The number of hydrogen-bond donors (Lipinski definition) is 2. The standard InChI is InChI=1S/C14H17Cl2NO3/c1-20-9-13(4-5-18)17-14(19)3-2-10-6-11(15)8-12(16)7-10/h2-3,6-8,13,18H,4-5,9H2,1H3,(H,17,19)/b3-2+. The molecule has 0 aromatic heterocycles. The van der Waals surface area contributed by atoms with E-state index in [0.29, 0.717) is 23.1 Å². The molecule has 1 amide bonds. The number of halogens is 2. The van der Waals surface area contributed by atoms with Crippen LogP contribution in [0, 0.1) is 0 Å². The van der Waals surface area contributed by atoms with Crippen LogP contribution in [0.1, 0.15) is 12.0 Å². The Hall–Kier alpha value is -1.07. The number of benzene rings is 1. The molecular formula is C14H17Cl2NO3. The van der Waals surface area contributed by atoms with Crippen LogP contribution < -0.4 is 5.32 Å².